The van der Waals surface area contributed by atoms with Gasteiger partial charge >= 0.3 is 0 Å². The Labute approximate surface area is 117 Å². The van der Waals surface area contributed by atoms with E-state index >= 15 is 0 Å². The Hall–Kier alpha value is -0.760. The first-order valence-corrected chi connectivity index (χ1v) is 6.75. The van der Waals surface area contributed by atoms with Crippen molar-refractivity contribution in [3.05, 3.63) is 29.3 Å². The molecule has 1 rings (SSSR count). The Bertz CT molecular complexity index is 557. The van der Waals surface area contributed by atoms with Crippen LogP contribution in [0.4, 0.5) is 8.78 Å². The number of sulfonamides is 1. The molecule has 0 aliphatic heterocycles. The zero-order valence-corrected chi connectivity index (χ0v) is 12.5. The molecule has 0 amide bonds. The van der Waals surface area contributed by atoms with Crippen LogP contribution < -0.4 is 10.5 Å². The molecular weight excluding hydrogens is 298 g/mol. The van der Waals surface area contributed by atoms with Crippen molar-refractivity contribution < 1.29 is 17.2 Å². The predicted octanol–water partition coefficient (Wildman–Crippen LogP) is 1.71. The van der Waals surface area contributed by atoms with Crippen LogP contribution in [0.15, 0.2) is 17.0 Å². The molecule has 1 aromatic carbocycles. The van der Waals surface area contributed by atoms with E-state index < -0.39 is 32.1 Å². The summed E-state index contributed by atoms with van der Waals surface area (Å²) in [6.07, 6.45) is 0. The van der Waals surface area contributed by atoms with Crippen LogP contribution in [0.3, 0.4) is 0 Å². The van der Waals surface area contributed by atoms with Crippen LogP contribution >= 0.6 is 12.4 Å². The molecule has 1 aromatic rings. The lowest BCUT2D eigenvalue weighted by molar-refractivity contribution is 0.493. The topological polar surface area (TPSA) is 72.2 Å². The van der Waals surface area contributed by atoms with Gasteiger partial charge in [-0.1, -0.05) is 0 Å². The van der Waals surface area contributed by atoms with Gasteiger partial charge in [-0.15, -0.1) is 12.4 Å². The van der Waals surface area contributed by atoms with E-state index in [2.05, 4.69) is 4.72 Å². The second-order valence-corrected chi connectivity index (χ2v) is 6.58. The lowest BCUT2D eigenvalue weighted by Crippen LogP contribution is -2.45. The largest absolute Gasteiger partial charge is 0.324 e. The third-order valence-electron chi connectivity index (χ3n) is 2.22. The van der Waals surface area contributed by atoms with Gasteiger partial charge in [-0.05, 0) is 38.5 Å². The van der Waals surface area contributed by atoms with Crippen LogP contribution in [-0.2, 0) is 10.0 Å². The Kier molecular flexibility index (Phi) is 5.88. The Balaban J connectivity index is 0.00000324. The third-order valence-corrected chi connectivity index (χ3v) is 3.64. The zero-order chi connectivity index (χ0) is 14.1. The average Bonchev–Trinajstić information content (AvgIpc) is 2.19. The lowest BCUT2D eigenvalue weighted by atomic mass is 10.1. The van der Waals surface area contributed by atoms with Crippen LogP contribution in [0, 0.1) is 18.6 Å². The molecule has 0 heterocycles. The Morgan fingerprint density at radius 2 is 1.79 bits per heavy atom. The van der Waals surface area contributed by atoms with Crippen LogP contribution in [0.2, 0.25) is 0 Å². The molecule has 19 heavy (non-hydrogen) atoms. The number of hydrogen-bond acceptors (Lipinski definition) is 3. The maximum atomic E-state index is 13.5. The normalized spacial score (nSPS) is 12.1. The summed E-state index contributed by atoms with van der Waals surface area (Å²) in [7, 11) is -4.11. The summed E-state index contributed by atoms with van der Waals surface area (Å²) in [5.74, 6) is -1.76. The van der Waals surface area contributed by atoms with Gasteiger partial charge < -0.3 is 5.73 Å². The fraction of sp³-hybridized carbons (Fsp3) is 0.455. The average molecular weight is 315 g/mol. The van der Waals surface area contributed by atoms with Crippen LogP contribution in [0.1, 0.15) is 19.4 Å². The molecule has 0 unspecified atom stereocenters. The van der Waals surface area contributed by atoms with Gasteiger partial charge in [0.25, 0.3) is 0 Å². The van der Waals surface area contributed by atoms with E-state index in [9.17, 15) is 17.2 Å². The highest BCUT2D eigenvalue weighted by molar-refractivity contribution is 7.89. The van der Waals surface area contributed by atoms with Gasteiger partial charge in [0.1, 0.15) is 16.5 Å². The van der Waals surface area contributed by atoms with E-state index in [-0.39, 0.29) is 24.5 Å². The van der Waals surface area contributed by atoms with Gasteiger partial charge in [-0.3, -0.25) is 0 Å². The first-order valence-electron chi connectivity index (χ1n) is 5.27. The molecule has 4 nitrogen and oxygen atoms in total. The van der Waals surface area contributed by atoms with Crippen molar-refractivity contribution in [3.63, 3.8) is 0 Å². The second kappa shape index (κ2) is 6.13. The van der Waals surface area contributed by atoms with E-state index in [1.54, 1.807) is 13.8 Å². The Morgan fingerprint density at radius 3 is 2.26 bits per heavy atom. The maximum absolute atomic E-state index is 13.5. The van der Waals surface area contributed by atoms with Gasteiger partial charge in [0.05, 0.1) is 0 Å². The molecule has 110 valence electrons. The summed E-state index contributed by atoms with van der Waals surface area (Å²) in [5, 5.41) is 0. The van der Waals surface area contributed by atoms with Crippen molar-refractivity contribution in [1.29, 1.82) is 0 Å². The van der Waals surface area contributed by atoms with Crippen LogP contribution in [0.25, 0.3) is 0 Å². The van der Waals surface area contributed by atoms with Gasteiger partial charge in [0.15, 0.2) is 0 Å². The highest BCUT2D eigenvalue weighted by Gasteiger charge is 2.23. The van der Waals surface area contributed by atoms with Gasteiger partial charge in [-0.2, -0.15) is 0 Å². The fourth-order valence-corrected chi connectivity index (χ4v) is 2.48. The van der Waals surface area contributed by atoms with Crippen molar-refractivity contribution in [2.75, 3.05) is 6.54 Å². The summed E-state index contributed by atoms with van der Waals surface area (Å²) in [6, 6.07) is 1.51. The minimum atomic E-state index is -4.11. The molecule has 3 N–H and O–H groups in total. The van der Waals surface area contributed by atoms with Crippen molar-refractivity contribution in [2.45, 2.75) is 31.2 Å². The Morgan fingerprint density at radius 1 is 1.26 bits per heavy atom. The molecule has 0 fully saturated rings. The number of rotatable bonds is 4. The molecule has 0 radical (unpaired) electrons. The molecule has 0 aliphatic carbocycles. The van der Waals surface area contributed by atoms with Crippen molar-refractivity contribution in [1.82, 2.24) is 4.72 Å². The molecule has 0 aliphatic rings. The molecule has 0 spiro atoms. The fourth-order valence-electron chi connectivity index (χ4n) is 1.19. The van der Waals surface area contributed by atoms with Crippen LogP contribution in [-0.4, -0.2) is 20.5 Å². The number of halogens is 3. The predicted molar refractivity (Wildman–Crippen MR) is 71.8 cm³/mol. The van der Waals surface area contributed by atoms with Gasteiger partial charge in [0, 0.05) is 12.1 Å². The van der Waals surface area contributed by atoms with Gasteiger partial charge in [-0.25, -0.2) is 21.9 Å². The summed E-state index contributed by atoms with van der Waals surface area (Å²) in [5.41, 5.74) is 4.88. The molecular formula is C11H17ClF2N2O2S. The summed E-state index contributed by atoms with van der Waals surface area (Å²) in [6.45, 7) is 4.50. The zero-order valence-electron chi connectivity index (χ0n) is 10.8. The monoisotopic (exact) mass is 314 g/mol. The van der Waals surface area contributed by atoms with Crippen molar-refractivity contribution in [3.8, 4) is 0 Å². The first kappa shape index (κ1) is 18.2. The molecule has 0 atom stereocenters. The van der Waals surface area contributed by atoms with E-state index in [4.69, 9.17) is 5.73 Å². The number of benzene rings is 1. The summed E-state index contributed by atoms with van der Waals surface area (Å²) < 4.78 is 52.5. The quantitative estimate of drug-likeness (QED) is 0.888. The number of nitrogens with two attached hydrogens (primary N) is 1. The number of aryl methyl sites for hydroxylation is 1. The first-order chi connectivity index (χ1) is 8.03. The summed E-state index contributed by atoms with van der Waals surface area (Å²) >= 11 is 0. The van der Waals surface area contributed by atoms with E-state index in [0.717, 1.165) is 6.07 Å². The van der Waals surface area contributed by atoms with Gasteiger partial charge in [0.2, 0.25) is 10.0 Å². The summed E-state index contributed by atoms with van der Waals surface area (Å²) in [4.78, 5) is -0.713. The van der Waals surface area contributed by atoms with E-state index in [0.29, 0.717) is 6.07 Å². The van der Waals surface area contributed by atoms with Crippen molar-refractivity contribution >= 4 is 22.4 Å². The molecule has 8 heteroatoms. The highest BCUT2D eigenvalue weighted by Crippen LogP contribution is 2.18. The lowest BCUT2D eigenvalue weighted by Gasteiger charge is -2.19. The molecule has 0 saturated heterocycles. The minimum Gasteiger partial charge on any atom is -0.324 e. The second-order valence-electron chi connectivity index (χ2n) is 4.84. The minimum absolute atomic E-state index is 0. The number of nitrogens with one attached hydrogen (secondary N) is 1. The number of hydrogen-bond donors (Lipinski definition) is 2. The molecule has 0 saturated carbocycles. The molecule has 0 bridgehead atoms. The SMILES string of the molecule is Cc1cc(F)c(S(=O)(=O)NCC(C)(C)N)cc1F.Cl. The van der Waals surface area contributed by atoms with Crippen molar-refractivity contribution in [2.24, 2.45) is 5.73 Å². The maximum Gasteiger partial charge on any atom is 0.243 e. The van der Waals surface area contributed by atoms with Crippen LogP contribution in [0.5, 0.6) is 0 Å². The van der Waals surface area contributed by atoms with E-state index in [1.165, 1.54) is 6.92 Å². The third kappa shape index (κ3) is 5.02. The smallest absolute Gasteiger partial charge is 0.243 e. The van der Waals surface area contributed by atoms with E-state index in [1.807, 2.05) is 0 Å². The highest BCUT2D eigenvalue weighted by atomic mass is 35.5. The molecule has 0 aromatic heterocycles. The standard InChI is InChI=1S/C11H16F2N2O2S.ClH/c1-7-4-9(13)10(5-8(7)12)18(16,17)15-6-11(2,3)14;/h4-5,15H,6,14H2,1-3H3;1H.